The molecule has 1 amide bonds. The van der Waals surface area contributed by atoms with Crippen molar-refractivity contribution in [3.05, 3.63) is 76.5 Å². The van der Waals surface area contributed by atoms with Crippen molar-refractivity contribution in [1.29, 1.82) is 0 Å². The lowest BCUT2D eigenvalue weighted by Crippen LogP contribution is -2.29. The second kappa shape index (κ2) is 8.14. The number of amides is 1. The number of hydrogen-bond acceptors (Lipinski definition) is 5. The number of carboxylic acid groups (broad SMARTS) is 1. The number of fused-ring (bicyclic) bond motifs is 1. The molecular weight excluding hydrogens is 396 g/mol. The number of anilines is 1. The average molecular weight is 420 g/mol. The second-order valence-electron chi connectivity index (χ2n) is 7.72. The third kappa shape index (κ3) is 4.09. The molecule has 0 radical (unpaired) electrons. The summed E-state index contributed by atoms with van der Waals surface area (Å²) in [5.74, 6) is -0.192. The first-order valence-corrected chi connectivity index (χ1v) is 10.1. The van der Waals surface area contributed by atoms with Crippen LogP contribution in [-0.4, -0.2) is 38.4 Å². The number of phenols is 1. The van der Waals surface area contributed by atoms with Crippen molar-refractivity contribution >= 4 is 17.7 Å². The number of carbonyl (C=O) groups is 2. The number of aromatic carboxylic acids is 1. The van der Waals surface area contributed by atoms with Gasteiger partial charge in [-0.1, -0.05) is 24.3 Å². The van der Waals surface area contributed by atoms with Crippen LogP contribution in [0.25, 0.3) is 0 Å². The zero-order valence-corrected chi connectivity index (χ0v) is 17.4. The van der Waals surface area contributed by atoms with Gasteiger partial charge >= 0.3 is 5.97 Å². The summed E-state index contributed by atoms with van der Waals surface area (Å²) in [6.45, 7) is 5.74. The number of carboxylic acids is 1. The molecule has 8 heteroatoms. The largest absolute Gasteiger partial charge is 0.508 e. The molecule has 160 valence electrons. The molecule has 3 N–H and O–H groups in total. The summed E-state index contributed by atoms with van der Waals surface area (Å²) in [4.78, 5) is 26.3. The highest BCUT2D eigenvalue weighted by atomic mass is 16.4. The summed E-state index contributed by atoms with van der Waals surface area (Å²) in [7, 11) is 0. The molecular formula is C23H24N4O4. The topological polar surface area (TPSA) is 108 Å². The summed E-state index contributed by atoms with van der Waals surface area (Å²) in [6, 6.07) is 13.2. The Bertz CT molecular complexity index is 1120. The summed E-state index contributed by atoms with van der Waals surface area (Å²) in [5.41, 5.74) is 3.27. The number of nitrogens with zero attached hydrogens (tertiary/aromatic N) is 3. The van der Waals surface area contributed by atoms with Crippen molar-refractivity contribution in [2.75, 3.05) is 11.4 Å². The van der Waals surface area contributed by atoms with Crippen molar-refractivity contribution in [3.63, 3.8) is 0 Å². The number of hydrogen-bond donors (Lipinski definition) is 3. The van der Waals surface area contributed by atoms with Gasteiger partial charge in [0.05, 0.1) is 23.8 Å². The van der Waals surface area contributed by atoms with Crippen LogP contribution in [0.3, 0.4) is 0 Å². The Kier molecular flexibility index (Phi) is 5.37. The van der Waals surface area contributed by atoms with E-state index in [1.54, 1.807) is 24.3 Å². The zero-order chi connectivity index (χ0) is 22.1. The van der Waals surface area contributed by atoms with E-state index in [4.69, 9.17) is 5.11 Å². The number of phenolic OH excluding ortho intramolecular Hbond substituents is 1. The molecule has 0 saturated carbocycles. The molecule has 1 aromatic heterocycles. The van der Waals surface area contributed by atoms with Gasteiger partial charge in [-0.25, -0.2) is 9.48 Å². The molecule has 0 fully saturated rings. The Balaban J connectivity index is 1.54. The normalized spacial score (nSPS) is 13.7. The van der Waals surface area contributed by atoms with Gasteiger partial charge < -0.3 is 20.4 Å². The molecule has 3 aromatic rings. The number of aromatic hydroxyl groups is 1. The van der Waals surface area contributed by atoms with Crippen LogP contribution in [0.2, 0.25) is 0 Å². The maximum Gasteiger partial charge on any atom is 0.335 e. The lowest BCUT2D eigenvalue weighted by atomic mass is 10.1. The molecule has 0 aliphatic carbocycles. The summed E-state index contributed by atoms with van der Waals surface area (Å²) < 4.78 is 1.86. The smallest absolute Gasteiger partial charge is 0.335 e. The fraction of sp³-hybridized carbons (Fsp3) is 0.261. The van der Waals surface area contributed by atoms with Gasteiger partial charge in [0.15, 0.2) is 0 Å². The maximum atomic E-state index is 13.2. The summed E-state index contributed by atoms with van der Waals surface area (Å²) in [6.07, 6.45) is 0. The van der Waals surface area contributed by atoms with Crippen LogP contribution in [0.15, 0.2) is 48.5 Å². The Morgan fingerprint density at radius 3 is 2.42 bits per heavy atom. The molecule has 2 heterocycles. The Labute approximate surface area is 179 Å². The monoisotopic (exact) mass is 420 g/mol. The van der Waals surface area contributed by atoms with Gasteiger partial charge in [0.1, 0.15) is 17.1 Å². The average Bonchev–Trinajstić information content (AvgIpc) is 3.27. The number of nitrogens with one attached hydrogen (secondary N) is 1. The highest BCUT2D eigenvalue weighted by Crippen LogP contribution is 2.30. The molecule has 1 aliphatic heterocycles. The van der Waals surface area contributed by atoms with E-state index < -0.39 is 5.97 Å². The van der Waals surface area contributed by atoms with E-state index >= 15 is 0 Å². The minimum atomic E-state index is -0.983. The Hall–Kier alpha value is -3.81. The van der Waals surface area contributed by atoms with Crippen molar-refractivity contribution in [2.24, 2.45) is 0 Å². The quantitative estimate of drug-likeness (QED) is 0.566. The lowest BCUT2D eigenvalue weighted by Gasteiger charge is -2.20. The summed E-state index contributed by atoms with van der Waals surface area (Å²) in [5, 5.41) is 26.1. The number of carbonyl (C=O) groups excluding carboxylic acids is 1. The van der Waals surface area contributed by atoms with Crippen LogP contribution in [-0.2, 0) is 13.1 Å². The van der Waals surface area contributed by atoms with Crippen molar-refractivity contribution in [3.8, 4) is 5.75 Å². The highest BCUT2D eigenvalue weighted by Gasteiger charge is 2.30. The fourth-order valence-electron chi connectivity index (χ4n) is 3.88. The van der Waals surface area contributed by atoms with Crippen molar-refractivity contribution < 1.29 is 19.8 Å². The van der Waals surface area contributed by atoms with Crippen molar-refractivity contribution in [2.45, 2.75) is 33.0 Å². The lowest BCUT2D eigenvalue weighted by molar-refractivity contribution is 0.0696. The fourth-order valence-corrected chi connectivity index (χ4v) is 3.88. The van der Waals surface area contributed by atoms with E-state index in [0.717, 1.165) is 23.5 Å². The highest BCUT2D eigenvalue weighted by molar-refractivity contribution is 6.00. The first-order chi connectivity index (χ1) is 14.8. The SMILES string of the molecule is Cc1nn2c(c1C(=O)N[C@@H](C)c1ccc(C(=O)O)cc1)N(Cc1ccc(O)cc1)CC2. The van der Waals surface area contributed by atoms with Crippen LogP contribution < -0.4 is 10.2 Å². The third-order valence-electron chi connectivity index (χ3n) is 5.52. The van der Waals surface area contributed by atoms with Gasteiger partial charge in [-0.3, -0.25) is 4.79 Å². The molecule has 0 saturated heterocycles. The van der Waals surface area contributed by atoms with Crippen LogP contribution in [0.5, 0.6) is 5.75 Å². The first-order valence-electron chi connectivity index (χ1n) is 10.1. The molecule has 0 spiro atoms. The first kappa shape index (κ1) is 20.5. The summed E-state index contributed by atoms with van der Waals surface area (Å²) >= 11 is 0. The minimum absolute atomic E-state index is 0.206. The van der Waals surface area contributed by atoms with Crippen LogP contribution in [0.1, 0.15) is 50.5 Å². The van der Waals surface area contributed by atoms with Gasteiger partial charge in [0, 0.05) is 13.1 Å². The van der Waals surface area contributed by atoms with Gasteiger partial charge in [-0.2, -0.15) is 5.10 Å². The van der Waals surface area contributed by atoms with E-state index in [-0.39, 0.29) is 23.3 Å². The van der Waals surface area contributed by atoms with Crippen LogP contribution >= 0.6 is 0 Å². The molecule has 8 nitrogen and oxygen atoms in total. The third-order valence-corrected chi connectivity index (χ3v) is 5.52. The molecule has 0 unspecified atom stereocenters. The van der Waals surface area contributed by atoms with Gasteiger partial charge in [-0.15, -0.1) is 0 Å². The molecule has 31 heavy (non-hydrogen) atoms. The minimum Gasteiger partial charge on any atom is -0.508 e. The number of aryl methyl sites for hydroxylation is 1. The van der Waals surface area contributed by atoms with E-state index in [9.17, 15) is 14.7 Å². The van der Waals surface area contributed by atoms with E-state index in [1.807, 2.05) is 30.7 Å². The number of benzene rings is 2. The van der Waals surface area contributed by atoms with Crippen LogP contribution in [0, 0.1) is 6.92 Å². The van der Waals surface area contributed by atoms with E-state index in [1.165, 1.54) is 12.1 Å². The van der Waals surface area contributed by atoms with Crippen molar-refractivity contribution in [1.82, 2.24) is 15.1 Å². The second-order valence-corrected chi connectivity index (χ2v) is 7.72. The van der Waals surface area contributed by atoms with Crippen LogP contribution in [0.4, 0.5) is 5.82 Å². The predicted molar refractivity (Wildman–Crippen MR) is 115 cm³/mol. The Morgan fingerprint density at radius 1 is 1.10 bits per heavy atom. The molecule has 1 atom stereocenters. The molecule has 2 aromatic carbocycles. The van der Waals surface area contributed by atoms with Gasteiger partial charge in [0.25, 0.3) is 5.91 Å². The number of aromatic nitrogens is 2. The predicted octanol–water partition coefficient (Wildman–Crippen LogP) is 3.11. The zero-order valence-electron chi connectivity index (χ0n) is 17.4. The van der Waals surface area contributed by atoms with Gasteiger partial charge in [0.2, 0.25) is 0 Å². The Morgan fingerprint density at radius 2 is 1.77 bits per heavy atom. The molecule has 4 rings (SSSR count). The van der Waals surface area contributed by atoms with E-state index in [2.05, 4.69) is 15.3 Å². The number of rotatable bonds is 6. The molecule has 0 bridgehead atoms. The molecule has 1 aliphatic rings. The van der Waals surface area contributed by atoms with E-state index in [0.29, 0.717) is 24.3 Å². The van der Waals surface area contributed by atoms with Gasteiger partial charge in [-0.05, 0) is 49.2 Å². The maximum absolute atomic E-state index is 13.2. The standard InChI is InChI=1S/C23H24N4O4/c1-14(17-5-7-18(8-6-17)23(30)31)24-21(29)20-15(2)25-27-12-11-26(22(20)27)13-16-3-9-19(28)10-4-16/h3-10,14,28H,11-13H2,1-2H3,(H,24,29)(H,30,31)/t14-/m0/s1.